The van der Waals surface area contributed by atoms with Gasteiger partial charge < -0.3 is 10.8 Å². The molecule has 0 aliphatic carbocycles. The third-order valence-corrected chi connectivity index (χ3v) is 3.17. The topological polar surface area (TPSA) is 87.1 Å². The first-order chi connectivity index (χ1) is 8.04. The zero-order chi connectivity index (χ0) is 12.8. The summed E-state index contributed by atoms with van der Waals surface area (Å²) in [4.78, 5) is 10.5. The minimum Gasteiger partial charge on any atom is -0.480 e. The van der Waals surface area contributed by atoms with E-state index in [1.54, 1.807) is 12.1 Å². The van der Waals surface area contributed by atoms with E-state index in [2.05, 4.69) is 0 Å². The standard InChI is InChI=1S/C11H11FN2O2S/c12-9-2-1-7(3-8(9)4-13)5-17-6-10(14)11(15)16/h1-3,10H,5-6,14H2,(H,15,16)/t10-/m0/s1. The third kappa shape index (κ3) is 4.06. The summed E-state index contributed by atoms with van der Waals surface area (Å²) >= 11 is 1.33. The number of nitriles is 1. The number of carboxylic acids is 1. The molecule has 90 valence electrons. The van der Waals surface area contributed by atoms with Gasteiger partial charge in [-0.1, -0.05) is 6.07 Å². The van der Waals surface area contributed by atoms with Crippen molar-refractivity contribution in [2.45, 2.75) is 11.8 Å². The smallest absolute Gasteiger partial charge is 0.321 e. The van der Waals surface area contributed by atoms with Crippen LogP contribution in [0.3, 0.4) is 0 Å². The van der Waals surface area contributed by atoms with Crippen LogP contribution in [0, 0.1) is 17.1 Å². The van der Waals surface area contributed by atoms with Crippen molar-refractivity contribution in [1.29, 1.82) is 5.26 Å². The number of nitrogens with two attached hydrogens (primary N) is 1. The lowest BCUT2D eigenvalue weighted by Crippen LogP contribution is -2.32. The average Bonchev–Trinajstić information content (AvgIpc) is 2.31. The SMILES string of the molecule is N#Cc1cc(CSC[C@H](N)C(=O)O)ccc1F. The van der Waals surface area contributed by atoms with Gasteiger partial charge in [0.1, 0.15) is 17.9 Å². The van der Waals surface area contributed by atoms with Gasteiger partial charge >= 0.3 is 5.97 Å². The Bertz CT molecular complexity index is 459. The number of carboxylic acid groups (broad SMARTS) is 1. The Labute approximate surface area is 102 Å². The van der Waals surface area contributed by atoms with Crippen LogP contribution in [0.15, 0.2) is 18.2 Å². The van der Waals surface area contributed by atoms with Crippen molar-refractivity contribution in [2.75, 3.05) is 5.75 Å². The zero-order valence-electron chi connectivity index (χ0n) is 8.89. The molecule has 1 aromatic rings. The van der Waals surface area contributed by atoms with Gasteiger partial charge in [-0.3, -0.25) is 4.79 Å². The van der Waals surface area contributed by atoms with E-state index in [1.165, 1.54) is 23.9 Å². The lowest BCUT2D eigenvalue weighted by Gasteiger charge is -2.06. The van der Waals surface area contributed by atoms with Crippen LogP contribution in [-0.2, 0) is 10.5 Å². The summed E-state index contributed by atoms with van der Waals surface area (Å²) in [5, 5.41) is 17.2. The average molecular weight is 254 g/mol. The van der Waals surface area contributed by atoms with E-state index in [4.69, 9.17) is 16.1 Å². The molecule has 0 heterocycles. The molecule has 0 unspecified atom stereocenters. The Kier molecular flexibility index (Phi) is 4.94. The highest BCUT2D eigenvalue weighted by molar-refractivity contribution is 7.98. The summed E-state index contributed by atoms with van der Waals surface area (Å²) in [6.07, 6.45) is 0. The summed E-state index contributed by atoms with van der Waals surface area (Å²) in [5.74, 6) is -0.831. The van der Waals surface area contributed by atoms with Crippen LogP contribution >= 0.6 is 11.8 Å². The largest absolute Gasteiger partial charge is 0.480 e. The molecule has 1 aromatic carbocycles. The highest BCUT2D eigenvalue weighted by Gasteiger charge is 2.11. The number of carbonyl (C=O) groups is 1. The molecule has 1 atom stereocenters. The summed E-state index contributed by atoms with van der Waals surface area (Å²) in [6.45, 7) is 0. The Morgan fingerprint density at radius 3 is 2.94 bits per heavy atom. The van der Waals surface area contributed by atoms with Gasteiger partial charge in [0, 0.05) is 11.5 Å². The molecule has 0 spiro atoms. The van der Waals surface area contributed by atoms with E-state index in [9.17, 15) is 9.18 Å². The second kappa shape index (κ2) is 6.23. The molecular formula is C11H11FN2O2S. The molecule has 0 amide bonds. The summed E-state index contributed by atoms with van der Waals surface area (Å²) in [5.41, 5.74) is 6.09. The molecular weight excluding hydrogens is 243 g/mol. The molecule has 1 rings (SSSR count). The Balaban J connectivity index is 2.53. The highest BCUT2D eigenvalue weighted by Crippen LogP contribution is 2.16. The number of aliphatic carboxylic acids is 1. The van der Waals surface area contributed by atoms with Gasteiger partial charge in [-0.05, 0) is 17.7 Å². The normalized spacial score (nSPS) is 11.8. The van der Waals surface area contributed by atoms with Crippen LogP contribution in [0.5, 0.6) is 0 Å². The molecule has 0 fully saturated rings. The number of nitrogens with zero attached hydrogens (tertiary/aromatic N) is 1. The molecule has 3 N–H and O–H groups in total. The van der Waals surface area contributed by atoms with Crippen LogP contribution in [-0.4, -0.2) is 22.9 Å². The van der Waals surface area contributed by atoms with Crippen LogP contribution in [0.1, 0.15) is 11.1 Å². The molecule has 0 aliphatic heterocycles. The molecule has 0 aliphatic rings. The summed E-state index contributed by atoms with van der Waals surface area (Å²) < 4.78 is 13.0. The molecule has 0 saturated heterocycles. The van der Waals surface area contributed by atoms with Crippen molar-refractivity contribution in [3.8, 4) is 6.07 Å². The van der Waals surface area contributed by atoms with Gasteiger partial charge in [0.05, 0.1) is 5.56 Å². The van der Waals surface area contributed by atoms with Crippen molar-refractivity contribution >= 4 is 17.7 Å². The maximum atomic E-state index is 13.0. The number of hydrogen-bond acceptors (Lipinski definition) is 4. The van der Waals surface area contributed by atoms with Gasteiger partial charge in [0.15, 0.2) is 0 Å². The predicted octanol–water partition coefficient (Wildman–Crippen LogP) is 1.34. The number of hydrogen-bond donors (Lipinski definition) is 2. The maximum absolute atomic E-state index is 13.0. The maximum Gasteiger partial charge on any atom is 0.321 e. The quantitative estimate of drug-likeness (QED) is 0.828. The Morgan fingerprint density at radius 2 is 2.35 bits per heavy atom. The number of halogens is 1. The van der Waals surface area contributed by atoms with E-state index in [-0.39, 0.29) is 11.3 Å². The van der Waals surface area contributed by atoms with Gasteiger partial charge in [0.25, 0.3) is 0 Å². The van der Waals surface area contributed by atoms with E-state index in [0.717, 1.165) is 5.56 Å². The van der Waals surface area contributed by atoms with E-state index in [0.29, 0.717) is 5.75 Å². The van der Waals surface area contributed by atoms with Crippen molar-refractivity contribution in [2.24, 2.45) is 5.73 Å². The fraction of sp³-hybridized carbons (Fsp3) is 0.273. The van der Waals surface area contributed by atoms with Crippen molar-refractivity contribution in [3.05, 3.63) is 35.1 Å². The van der Waals surface area contributed by atoms with E-state index in [1.807, 2.05) is 0 Å². The van der Waals surface area contributed by atoms with E-state index < -0.39 is 17.8 Å². The van der Waals surface area contributed by atoms with Gasteiger partial charge in [-0.15, -0.1) is 0 Å². The van der Waals surface area contributed by atoms with Crippen molar-refractivity contribution in [3.63, 3.8) is 0 Å². The Morgan fingerprint density at radius 1 is 1.65 bits per heavy atom. The monoisotopic (exact) mass is 254 g/mol. The first-order valence-electron chi connectivity index (χ1n) is 4.79. The first kappa shape index (κ1) is 13.5. The lowest BCUT2D eigenvalue weighted by atomic mass is 10.1. The van der Waals surface area contributed by atoms with E-state index >= 15 is 0 Å². The third-order valence-electron chi connectivity index (χ3n) is 2.03. The van der Waals surface area contributed by atoms with Crippen LogP contribution in [0.2, 0.25) is 0 Å². The molecule has 4 nitrogen and oxygen atoms in total. The predicted molar refractivity (Wildman–Crippen MR) is 62.9 cm³/mol. The number of rotatable bonds is 5. The van der Waals surface area contributed by atoms with Crippen molar-refractivity contribution in [1.82, 2.24) is 0 Å². The fourth-order valence-electron chi connectivity index (χ4n) is 1.12. The van der Waals surface area contributed by atoms with Gasteiger partial charge in [-0.25, -0.2) is 4.39 Å². The second-order valence-corrected chi connectivity index (χ2v) is 4.42. The van der Waals surface area contributed by atoms with Gasteiger partial charge in [-0.2, -0.15) is 17.0 Å². The highest BCUT2D eigenvalue weighted by atomic mass is 32.2. The van der Waals surface area contributed by atoms with Crippen LogP contribution in [0.4, 0.5) is 4.39 Å². The molecule has 0 aromatic heterocycles. The molecule has 17 heavy (non-hydrogen) atoms. The molecule has 6 heteroatoms. The number of thioether (sulfide) groups is 1. The van der Waals surface area contributed by atoms with Crippen LogP contribution < -0.4 is 5.73 Å². The number of benzene rings is 1. The summed E-state index contributed by atoms with van der Waals surface area (Å²) in [7, 11) is 0. The first-order valence-corrected chi connectivity index (χ1v) is 5.94. The van der Waals surface area contributed by atoms with Crippen LogP contribution in [0.25, 0.3) is 0 Å². The Hall–Kier alpha value is -1.58. The lowest BCUT2D eigenvalue weighted by molar-refractivity contribution is -0.137. The molecule has 0 radical (unpaired) electrons. The molecule has 0 saturated carbocycles. The van der Waals surface area contributed by atoms with Crippen molar-refractivity contribution < 1.29 is 14.3 Å². The molecule has 0 bridgehead atoms. The zero-order valence-corrected chi connectivity index (χ0v) is 9.71. The fourth-order valence-corrected chi connectivity index (χ4v) is 2.05. The minimum atomic E-state index is -1.05. The van der Waals surface area contributed by atoms with Gasteiger partial charge in [0.2, 0.25) is 0 Å². The summed E-state index contributed by atoms with van der Waals surface area (Å²) in [6, 6.07) is 5.09. The second-order valence-electron chi connectivity index (χ2n) is 3.39. The minimum absolute atomic E-state index is 0.00867.